The number of nitrogens with one attached hydrogen (secondary N) is 1. The number of aliphatic carboxylic acids is 3. The third-order valence-corrected chi connectivity index (χ3v) is 5.80. The Bertz CT molecular complexity index is 428. The quantitative estimate of drug-likeness (QED) is 0.133. The van der Waals surface area contributed by atoms with Crippen molar-refractivity contribution < 1.29 is 29.7 Å². The highest BCUT2D eigenvalue weighted by molar-refractivity contribution is 8.76. The summed E-state index contributed by atoms with van der Waals surface area (Å²) < 4.78 is 0. The lowest BCUT2D eigenvalue weighted by Gasteiger charge is -2.29. The Labute approximate surface area is 145 Å². The van der Waals surface area contributed by atoms with Gasteiger partial charge in [-0.2, -0.15) is 11.8 Å². The van der Waals surface area contributed by atoms with Crippen LogP contribution in [0.3, 0.4) is 0 Å². The Morgan fingerprint density at radius 2 is 1.78 bits per heavy atom. The lowest BCUT2D eigenvalue weighted by Crippen LogP contribution is -2.65. The van der Waals surface area contributed by atoms with Crippen LogP contribution in [0.5, 0.6) is 0 Å². The molecule has 0 aliphatic heterocycles. The molecule has 0 aromatic carbocycles. The average Bonchev–Trinajstić information content (AvgIpc) is 2.47. The zero-order valence-electron chi connectivity index (χ0n) is 12.4. The van der Waals surface area contributed by atoms with E-state index in [1.54, 1.807) is 0 Å². The molecule has 8 N–H and O–H groups in total. The SMILES string of the molecule is CSCC[C@H](N[C@](N)(CSSCC(N)C(=O)O)C(=O)O)C(=O)O. The van der Waals surface area contributed by atoms with Crippen LogP contribution in [0, 0.1) is 0 Å². The molecule has 0 radical (unpaired) electrons. The number of carbonyl (C=O) groups is 3. The first kappa shape index (κ1) is 22.3. The molecule has 0 fully saturated rings. The van der Waals surface area contributed by atoms with Crippen LogP contribution in [0.25, 0.3) is 0 Å². The molecule has 3 atom stereocenters. The predicted molar refractivity (Wildman–Crippen MR) is 92.6 cm³/mol. The second kappa shape index (κ2) is 11.0. The number of carboxylic acids is 3. The van der Waals surface area contributed by atoms with E-state index in [1.165, 1.54) is 11.8 Å². The van der Waals surface area contributed by atoms with Gasteiger partial charge in [-0.3, -0.25) is 14.9 Å². The first-order valence-electron chi connectivity index (χ1n) is 6.38. The minimum atomic E-state index is -1.94. The van der Waals surface area contributed by atoms with E-state index in [-0.39, 0.29) is 17.9 Å². The molecule has 0 bridgehead atoms. The molecule has 0 saturated carbocycles. The van der Waals surface area contributed by atoms with Gasteiger partial charge >= 0.3 is 17.9 Å². The third kappa shape index (κ3) is 8.67. The molecule has 0 amide bonds. The molecule has 9 nitrogen and oxygen atoms in total. The first-order valence-corrected chi connectivity index (χ1v) is 10.3. The van der Waals surface area contributed by atoms with E-state index in [0.29, 0.717) is 5.75 Å². The Morgan fingerprint density at radius 3 is 2.22 bits per heavy atom. The molecule has 134 valence electrons. The minimum Gasteiger partial charge on any atom is -0.480 e. The zero-order valence-corrected chi connectivity index (χ0v) is 14.9. The van der Waals surface area contributed by atoms with Crippen LogP contribution in [0.15, 0.2) is 0 Å². The fourth-order valence-corrected chi connectivity index (χ4v) is 4.17. The van der Waals surface area contributed by atoms with E-state index >= 15 is 0 Å². The van der Waals surface area contributed by atoms with Crippen molar-refractivity contribution in [2.45, 2.75) is 24.2 Å². The zero-order chi connectivity index (χ0) is 18.0. The maximum Gasteiger partial charge on any atom is 0.339 e. The number of hydrogen-bond donors (Lipinski definition) is 6. The van der Waals surface area contributed by atoms with Gasteiger partial charge in [0, 0.05) is 11.5 Å². The Balaban J connectivity index is 4.62. The van der Waals surface area contributed by atoms with Gasteiger partial charge < -0.3 is 26.8 Å². The monoisotopic (exact) mass is 387 g/mol. The number of rotatable bonds is 13. The second-order valence-corrected chi connectivity index (χ2v) is 8.08. The summed E-state index contributed by atoms with van der Waals surface area (Å²) >= 11 is 1.44. The average molecular weight is 388 g/mol. The summed E-state index contributed by atoms with van der Waals surface area (Å²) in [6.07, 6.45) is 2.04. The molecule has 1 unspecified atom stereocenters. The van der Waals surface area contributed by atoms with E-state index in [1.807, 2.05) is 6.26 Å². The molecule has 0 aliphatic carbocycles. The van der Waals surface area contributed by atoms with Crippen molar-refractivity contribution in [2.24, 2.45) is 11.5 Å². The van der Waals surface area contributed by atoms with E-state index in [0.717, 1.165) is 21.6 Å². The van der Waals surface area contributed by atoms with Crippen LogP contribution in [-0.2, 0) is 14.4 Å². The first-order chi connectivity index (χ1) is 10.6. The Morgan fingerprint density at radius 1 is 1.17 bits per heavy atom. The van der Waals surface area contributed by atoms with Crippen molar-refractivity contribution in [1.29, 1.82) is 0 Å². The third-order valence-electron chi connectivity index (χ3n) is 2.66. The second-order valence-electron chi connectivity index (χ2n) is 4.58. The van der Waals surface area contributed by atoms with Crippen LogP contribution < -0.4 is 16.8 Å². The molecular formula is C11H21N3O6S3. The standard InChI is InChI=1S/C11H21N3O6S3/c1-21-3-2-7(9(17)18)14-11(13,10(19)20)5-23-22-4-6(12)8(15)16/h6-7,14H,2-5,12-13H2,1H3,(H,15,16)(H,17,18)(H,19,20)/t6?,7-,11+/m0/s1. The number of carboxylic acid groups (broad SMARTS) is 3. The molecule has 0 spiro atoms. The normalized spacial score (nSPS) is 16.3. The molecular weight excluding hydrogens is 366 g/mol. The largest absolute Gasteiger partial charge is 0.480 e. The summed E-state index contributed by atoms with van der Waals surface area (Å²) in [6.45, 7) is 0. The number of thioether (sulfide) groups is 1. The topological polar surface area (TPSA) is 176 Å². The maximum atomic E-state index is 11.4. The smallest absolute Gasteiger partial charge is 0.339 e. The van der Waals surface area contributed by atoms with Crippen LogP contribution in [0.4, 0.5) is 0 Å². The molecule has 0 heterocycles. The van der Waals surface area contributed by atoms with Crippen molar-refractivity contribution in [3.8, 4) is 0 Å². The highest BCUT2D eigenvalue weighted by Gasteiger charge is 2.38. The summed E-state index contributed by atoms with van der Waals surface area (Å²) in [5.74, 6) is -3.26. The van der Waals surface area contributed by atoms with Gasteiger partial charge in [0.05, 0.1) is 0 Å². The Hall–Kier alpha value is -0.660. The fraction of sp³-hybridized carbons (Fsp3) is 0.727. The molecule has 0 aromatic heterocycles. The van der Waals surface area contributed by atoms with Crippen LogP contribution in [-0.4, -0.2) is 74.5 Å². The van der Waals surface area contributed by atoms with E-state index < -0.39 is 35.7 Å². The van der Waals surface area contributed by atoms with Crippen molar-refractivity contribution in [3.63, 3.8) is 0 Å². The van der Waals surface area contributed by atoms with Gasteiger partial charge in [0.15, 0.2) is 5.66 Å². The van der Waals surface area contributed by atoms with Gasteiger partial charge in [-0.25, -0.2) is 4.79 Å². The highest BCUT2D eigenvalue weighted by Crippen LogP contribution is 2.25. The Kier molecular flexibility index (Phi) is 10.7. The van der Waals surface area contributed by atoms with Gasteiger partial charge in [-0.15, -0.1) is 0 Å². The number of nitrogens with two attached hydrogens (primary N) is 2. The summed E-state index contributed by atoms with van der Waals surface area (Å²) in [4.78, 5) is 33.1. The van der Waals surface area contributed by atoms with Gasteiger partial charge in [0.25, 0.3) is 0 Å². The van der Waals surface area contributed by atoms with Gasteiger partial charge in [0.1, 0.15) is 12.1 Å². The molecule has 0 aliphatic rings. The maximum absolute atomic E-state index is 11.4. The van der Waals surface area contributed by atoms with Gasteiger partial charge in [-0.05, 0) is 18.4 Å². The van der Waals surface area contributed by atoms with Crippen molar-refractivity contribution >= 4 is 51.3 Å². The van der Waals surface area contributed by atoms with Crippen molar-refractivity contribution in [1.82, 2.24) is 5.32 Å². The molecule has 0 aromatic rings. The summed E-state index contributed by atoms with van der Waals surface area (Å²) in [5, 5.41) is 29.5. The summed E-state index contributed by atoms with van der Waals surface area (Å²) in [5.41, 5.74) is 9.15. The van der Waals surface area contributed by atoms with Crippen LogP contribution in [0.1, 0.15) is 6.42 Å². The van der Waals surface area contributed by atoms with Crippen LogP contribution >= 0.6 is 33.3 Å². The van der Waals surface area contributed by atoms with E-state index in [9.17, 15) is 19.5 Å². The lowest BCUT2D eigenvalue weighted by atomic mass is 10.1. The summed E-state index contributed by atoms with van der Waals surface area (Å²) in [7, 11) is 2.08. The molecule has 0 rings (SSSR count). The summed E-state index contributed by atoms with van der Waals surface area (Å²) in [6, 6.07) is -2.15. The van der Waals surface area contributed by atoms with E-state index in [4.69, 9.17) is 21.7 Å². The fourth-order valence-electron chi connectivity index (χ4n) is 1.30. The van der Waals surface area contributed by atoms with E-state index in [2.05, 4.69) is 5.32 Å². The molecule has 12 heteroatoms. The molecule has 0 saturated heterocycles. The van der Waals surface area contributed by atoms with Crippen molar-refractivity contribution in [3.05, 3.63) is 0 Å². The highest BCUT2D eigenvalue weighted by atomic mass is 33.1. The lowest BCUT2D eigenvalue weighted by molar-refractivity contribution is -0.146. The number of hydrogen-bond acceptors (Lipinski definition) is 9. The van der Waals surface area contributed by atoms with Crippen LogP contribution in [0.2, 0.25) is 0 Å². The van der Waals surface area contributed by atoms with Gasteiger partial charge in [-0.1, -0.05) is 21.6 Å². The van der Waals surface area contributed by atoms with Gasteiger partial charge in [0.2, 0.25) is 0 Å². The predicted octanol–water partition coefficient (Wildman–Crippen LogP) is -0.685. The minimum absolute atomic E-state index is 0.0739. The molecule has 23 heavy (non-hydrogen) atoms. The van der Waals surface area contributed by atoms with Crippen molar-refractivity contribution in [2.75, 3.05) is 23.5 Å².